The summed E-state index contributed by atoms with van der Waals surface area (Å²) in [6.07, 6.45) is 1.07. The van der Waals surface area contributed by atoms with E-state index in [9.17, 15) is 9.59 Å². The smallest absolute Gasteiger partial charge is 0.245 e. The van der Waals surface area contributed by atoms with Gasteiger partial charge in [-0.1, -0.05) is 25.1 Å². The molecule has 5 heteroatoms. The first-order chi connectivity index (χ1) is 10.1. The van der Waals surface area contributed by atoms with Crippen LogP contribution in [-0.2, 0) is 0 Å². The lowest BCUT2D eigenvalue weighted by Gasteiger charge is -2.32. The summed E-state index contributed by atoms with van der Waals surface area (Å²) in [4.78, 5) is 25.6. The highest BCUT2D eigenvalue weighted by Gasteiger charge is 2.86. The summed E-state index contributed by atoms with van der Waals surface area (Å²) in [6, 6.07) is 9.79. The van der Waals surface area contributed by atoms with Crippen molar-refractivity contribution >= 4 is 0 Å². The number of rotatable bonds is 1. The van der Waals surface area contributed by atoms with Crippen molar-refractivity contribution in [1.82, 2.24) is 13.9 Å². The summed E-state index contributed by atoms with van der Waals surface area (Å²) in [5.41, 5.74) is 0.766. The summed E-state index contributed by atoms with van der Waals surface area (Å²) in [5.74, 6) is 1.95. The Morgan fingerprint density at radius 1 is 1.05 bits per heavy atom. The normalized spacial score (nSPS) is 43.4. The fourth-order valence-corrected chi connectivity index (χ4v) is 5.96. The third-order valence-corrected chi connectivity index (χ3v) is 6.69. The number of fused-ring (bicyclic) bond motifs is 5. The second-order valence-electron chi connectivity index (χ2n) is 7.32. The SMILES string of the molecule is CC12CC3C4C(C1C42)n1c(=O)n(-c2ccccc2)c(=O)n13. The fourth-order valence-electron chi connectivity index (χ4n) is 5.96. The van der Waals surface area contributed by atoms with Crippen LogP contribution in [0.3, 0.4) is 0 Å². The number of benzene rings is 1. The first-order valence-corrected chi connectivity index (χ1v) is 7.66. The molecule has 0 bridgehead atoms. The molecule has 0 radical (unpaired) electrons. The Kier molecular flexibility index (Phi) is 1.42. The summed E-state index contributed by atoms with van der Waals surface area (Å²) in [5, 5.41) is 0. The van der Waals surface area contributed by atoms with Crippen LogP contribution < -0.4 is 11.4 Å². The minimum atomic E-state index is -0.158. The molecule has 21 heavy (non-hydrogen) atoms. The van der Waals surface area contributed by atoms with Crippen molar-refractivity contribution in [3.8, 4) is 5.69 Å². The second kappa shape index (κ2) is 2.80. The van der Waals surface area contributed by atoms with Crippen LogP contribution >= 0.6 is 0 Å². The maximum Gasteiger partial charge on any atom is 0.352 e. The third kappa shape index (κ3) is 0.859. The van der Waals surface area contributed by atoms with Crippen molar-refractivity contribution in [3.05, 3.63) is 51.3 Å². The standard InChI is InChI=1S/C16H15N3O2/c1-16-7-9-10-11(16)12(16)13(10)19-15(21)17(14(20)18(9)19)8-5-3-2-4-6-8/h2-6,9-13H,7H2,1H3. The van der Waals surface area contributed by atoms with Crippen molar-refractivity contribution in [2.45, 2.75) is 25.4 Å². The minimum absolute atomic E-state index is 0.154. The summed E-state index contributed by atoms with van der Waals surface area (Å²) in [7, 11) is 0. The van der Waals surface area contributed by atoms with E-state index in [4.69, 9.17) is 0 Å². The van der Waals surface area contributed by atoms with E-state index in [1.807, 2.05) is 30.3 Å². The van der Waals surface area contributed by atoms with Gasteiger partial charge in [0.1, 0.15) is 0 Å². The van der Waals surface area contributed by atoms with Crippen LogP contribution in [0.4, 0.5) is 0 Å². The van der Waals surface area contributed by atoms with Gasteiger partial charge in [-0.3, -0.25) is 0 Å². The van der Waals surface area contributed by atoms with Gasteiger partial charge in [-0.05, 0) is 35.8 Å². The monoisotopic (exact) mass is 281 g/mol. The third-order valence-electron chi connectivity index (χ3n) is 6.69. The molecule has 0 spiro atoms. The van der Waals surface area contributed by atoms with E-state index in [2.05, 4.69) is 6.92 Å². The largest absolute Gasteiger partial charge is 0.352 e. The zero-order chi connectivity index (χ0) is 14.1. The number of hydrogen-bond donors (Lipinski definition) is 0. The number of nitrogens with zero attached hydrogens (tertiary/aromatic N) is 3. The maximum absolute atomic E-state index is 12.8. The quantitative estimate of drug-likeness (QED) is 0.788. The Balaban J connectivity index is 1.64. The van der Waals surface area contributed by atoms with Crippen molar-refractivity contribution in [1.29, 1.82) is 0 Å². The van der Waals surface area contributed by atoms with Crippen molar-refractivity contribution in [2.75, 3.05) is 0 Å². The highest BCUT2D eigenvalue weighted by atomic mass is 16.2. The van der Waals surface area contributed by atoms with E-state index in [1.165, 1.54) is 4.57 Å². The van der Waals surface area contributed by atoms with E-state index in [0.717, 1.165) is 12.3 Å². The molecule has 3 aliphatic carbocycles. The lowest BCUT2D eigenvalue weighted by molar-refractivity contribution is 0.154. The van der Waals surface area contributed by atoms with Crippen molar-refractivity contribution in [3.63, 3.8) is 0 Å². The number of hydrogen-bond acceptors (Lipinski definition) is 2. The predicted octanol–water partition coefficient (Wildman–Crippen LogP) is 1.18. The zero-order valence-electron chi connectivity index (χ0n) is 11.6. The van der Waals surface area contributed by atoms with Gasteiger partial charge in [0.2, 0.25) is 0 Å². The summed E-state index contributed by atoms with van der Waals surface area (Å²) in [6.45, 7) is 2.34. The van der Waals surface area contributed by atoms with E-state index < -0.39 is 0 Å². The van der Waals surface area contributed by atoms with Gasteiger partial charge >= 0.3 is 11.4 Å². The average molecular weight is 281 g/mol. The molecule has 6 atom stereocenters. The Labute approximate surface area is 120 Å². The molecule has 0 amide bonds. The highest BCUT2D eigenvalue weighted by molar-refractivity contribution is 5.35. The Bertz CT molecular complexity index is 884. The van der Waals surface area contributed by atoms with Gasteiger partial charge in [0.15, 0.2) is 0 Å². The van der Waals surface area contributed by atoms with E-state index in [-0.39, 0.29) is 23.5 Å². The molecule has 0 saturated heterocycles. The molecule has 3 fully saturated rings. The number of para-hydroxylation sites is 1. The lowest BCUT2D eigenvalue weighted by Crippen LogP contribution is -2.38. The average Bonchev–Trinajstić information content (AvgIpc) is 2.61. The van der Waals surface area contributed by atoms with Gasteiger partial charge in [-0.15, -0.1) is 0 Å². The Morgan fingerprint density at radius 2 is 1.76 bits per heavy atom. The first-order valence-electron chi connectivity index (χ1n) is 7.66. The molecular formula is C16H15N3O2. The molecule has 1 aromatic heterocycles. The van der Waals surface area contributed by atoms with Gasteiger partial charge in [-0.25, -0.2) is 23.5 Å². The van der Waals surface area contributed by atoms with E-state index >= 15 is 0 Å². The van der Waals surface area contributed by atoms with Gasteiger partial charge in [0, 0.05) is 5.92 Å². The molecule has 6 unspecified atom stereocenters. The van der Waals surface area contributed by atoms with Crippen molar-refractivity contribution in [2.24, 2.45) is 23.2 Å². The zero-order valence-corrected chi connectivity index (χ0v) is 11.6. The second-order valence-corrected chi connectivity index (χ2v) is 7.32. The molecule has 106 valence electrons. The van der Waals surface area contributed by atoms with Crippen LogP contribution in [0.5, 0.6) is 0 Å². The topological polar surface area (TPSA) is 48.9 Å². The van der Waals surface area contributed by atoms with Crippen molar-refractivity contribution < 1.29 is 0 Å². The van der Waals surface area contributed by atoms with E-state index in [0.29, 0.717) is 22.9 Å². The summed E-state index contributed by atoms with van der Waals surface area (Å²) >= 11 is 0. The summed E-state index contributed by atoms with van der Waals surface area (Å²) < 4.78 is 4.89. The van der Waals surface area contributed by atoms with Gasteiger partial charge < -0.3 is 0 Å². The number of aromatic nitrogens is 3. The Hall–Kier alpha value is -2.04. The molecule has 3 saturated carbocycles. The Morgan fingerprint density at radius 3 is 2.48 bits per heavy atom. The van der Waals surface area contributed by atoms with Crippen LogP contribution in [0, 0.1) is 23.2 Å². The van der Waals surface area contributed by atoms with Gasteiger partial charge in [-0.2, -0.15) is 0 Å². The van der Waals surface area contributed by atoms with Crippen LogP contribution in [0.15, 0.2) is 39.9 Å². The first kappa shape index (κ1) is 10.7. The van der Waals surface area contributed by atoms with Crippen LogP contribution in [0.25, 0.3) is 5.69 Å². The molecule has 2 heterocycles. The molecule has 5 nitrogen and oxygen atoms in total. The van der Waals surface area contributed by atoms with Gasteiger partial charge in [0.25, 0.3) is 0 Å². The van der Waals surface area contributed by atoms with Crippen LogP contribution in [-0.4, -0.2) is 13.9 Å². The lowest BCUT2D eigenvalue weighted by atomic mass is 9.74. The highest BCUT2D eigenvalue weighted by Crippen LogP contribution is 2.88. The molecule has 1 aliphatic heterocycles. The molecule has 2 aromatic rings. The maximum atomic E-state index is 12.8. The molecule has 0 N–H and O–H groups in total. The minimum Gasteiger partial charge on any atom is -0.245 e. The fraction of sp³-hybridized carbons (Fsp3) is 0.500. The molecule has 6 rings (SSSR count). The molecule has 1 aromatic carbocycles. The van der Waals surface area contributed by atoms with E-state index in [1.54, 1.807) is 9.36 Å². The predicted molar refractivity (Wildman–Crippen MR) is 75.6 cm³/mol. The van der Waals surface area contributed by atoms with Crippen LogP contribution in [0.2, 0.25) is 0 Å². The molecular weight excluding hydrogens is 266 g/mol. The van der Waals surface area contributed by atoms with Gasteiger partial charge in [0.05, 0.1) is 17.8 Å². The van der Waals surface area contributed by atoms with Crippen LogP contribution in [0.1, 0.15) is 25.4 Å². The molecule has 4 aliphatic rings.